The summed E-state index contributed by atoms with van der Waals surface area (Å²) >= 11 is 6.39. The van der Waals surface area contributed by atoms with Gasteiger partial charge >= 0.3 is 5.97 Å². The molecular formula is C18H14ClFN2O2. The second kappa shape index (κ2) is 6.45. The fourth-order valence-corrected chi connectivity index (χ4v) is 2.73. The number of hydrogen-bond donors (Lipinski definition) is 0. The Morgan fingerprint density at radius 1 is 1.21 bits per heavy atom. The highest BCUT2D eigenvalue weighted by atomic mass is 35.5. The van der Waals surface area contributed by atoms with E-state index in [1.54, 1.807) is 16.8 Å². The molecule has 0 saturated heterocycles. The first-order valence-electron chi connectivity index (χ1n) is 7.21. The van der Waals surface area contributed by atoms with Gasteiger partial charge in [-0.15, -0.1) is 0 Å². The molecular weight excluding hydrogens is 331 g/mol. The number of methoxy groups -OCH3 is 1. The molecule has 0 spiro atoms. The van der Waals surface area contributed by atoms with E-state index in [1.165, 1.54) is 19.2 Å². The average Bonchev–Trinajstić information content (AvgIpc) is 2.92. The van der Waals surface area contributed by atoms with Crippen LogP contribution in [0.1, 0.15) is 16.1 Å². The van der Waals surface area contributed by atoms with E-state index in [-0.39, 0.29) is 16.5 Å². The van der Waals surface area contributed by atoms with E-state index >= 15 is 0 Å². The van der Waals surface area contributed by atoms with Crippen LogP contribution in [0.4, 0.5) is 4.39 Å². The van der Waals surface area contributed by atoms with Crippen molar-refractivity contribution in [1.82, 2.24) is 9.78 Å². The second-order valence-corrected chi connectivity index (χ2v) is 5.64. The van der Waals surface area contributed by atoms with Gasteiger partial charge in [0.2, 0.25) is 0 Å². The third-order valence-electron chi connectivity index (χ3n) is 3.57. The van der Waals surface area contributed by atoms with Crippen molar-refractivity contribution in [3.05, 3.63) is 70.6 Å². The average molecular weight is 345 g/mol. The van der Waals surface area contributed by atoms with E-state index in [4.69, 9.17) is 16.3 Å². The Morgan fingerprint density at radius 3 is 2.54 bits per heavy atom. The van der Waals surface area contributed by atoms with Crippen molar-refractivity contribution in [3.63, 3.8) is 0 Å². The van der Waals surface area contributed by atoms with E-state index in [9.17, 15) is 9.18 Å². The zero-order valence-electron chi connectivity index (χ0n) is 13.1. The monoisotopic (exact) mass is 344 g/mol. The van der Waals surface area contributed by atoms with Crippen LogP contribution in [0.25, 0.3) is 16.9 Å². The van der Waals surface area contributed by atoms with Gasteiger partial charge in [-0.25, -0.2) is 13.9 Å². The first kappa shape index (κ1) is 16.2. The number of aromatic nitrogens is 2. The minimum Gasteiger partial charge on any atom is -0.464 e. The highest BCUT2D eigenvalue weighted by Gasteiger charge is 2.24. The number of carbonyl (C=O) groups excluding carboxylic acids is 1. The molecule has 3 aromatic rings. The highest BCUT2D eigenvalue weighted by molar-refractivity contribution is 6.35. The summed E-state index contributed by atoms with van der Waals surface area (Å²) in [4.78, 5) is 11.9. The molecule has 4 nitrogen and oxygen atoms in total. The number of carbonyl (C=O) groups is 1. The molecule has 0 radical (unpaired) electrons. The van der Waals surface area contributed by atoms with Crippen LogP contribution in [0.3, 0.4) is 0 Å². The van der Waals surface area contributed by atoms with Crippen LogP contribution in [0.5, 0.6) is 0 Å². The van der Waals surface area contributed by atoms with Crippen LogP contribution in [-0.2, 0) is 4.74 Å². The number of esters is 1. The van der Waals surface area contributed by atoms with Gasteiger partial charge in [0, 0.05) is 5.56 Å². The molecule has 0 N–H and O–H groups in total. The van der Waals surface area contributed by atoms with Gasteiger partial charge in [0.25, 0.3) is 0 Å². The normalized spacial score (nSPS) is 10.7. The van der Waals surface area contributed by atoms with E-state index in [0.717, 1.165) is 11.3 Å². The van der Waals surface area contributed by atoms with Crippen molar-refractivity contribution in [2.75, 3.05) is 7.11 Å². The standard InChI is InChI=1S/C18H14ClFN2O2/c1-11-4-3-5-14(10-11)22-17(12-6-8-13(20)9-7-12)15(19)16(21-22)18(23)24-2/h3-10H,1-2H3. The van der Waals surface area contributed by atoms with E-state index < -0.39 is 5.97 Å². The van der Waals surface area contributed by atoms with Gasteiger partial charge in [0.1, 0.15) is 10.8 Å². The summed E-state index contributed by atoms with van der Waals surface area (Å²) in [5.74, 6) is -0.987. The zero-order valence-corrected chi connectivity index (χ0v) is 13.8. The van der Waals surface area contributed by atoms with Gasteiger partial charge in [-0.1, -0.05) is 23.7 Å². The third kappa shape index (κ3) is 2.90. The number of benzene rings is 2. The predicted molar refractivity (Wildman–Crippen MR) is 90.0 cm³/mol. The van der Waals surface area contributed by atoms with Crippen LogP contribution in [0.15, 0.2) is 48.5 Å². The lowest BCUT2D eigenvalue weighted by Crippen LogP contribution is -2.05. The minimum atomic E-state index is -0.630. The molecule has 1 aromatic heterocycles. The highest BCUT2D eigenvalue weighted by Crippen LogP contribution is 2.33. The summed E-state index contributed by atoms with van der Waals surface area (Å²) in [6, 6.07) is 13.4. The van der Waals surface area contributed by atoms with E-state index in [0.29, 0.717) is 11.3 Å². The van der Waals surface area contributed by atoms with Crippen molar-refractivity contribution >= 4 is 17.6 Å². The summed E-state index contributed by atoms with van der Waals surface area (Å²) in [5.41, 5.74) is 2.93. The smallest absolute Gasteiger partial charge is 0.360 e. The van der Waals surface area contributed by atoms with Crippen molar-refractivity contribution in [1.29, 1.82) is 0 Å². The Hall–Kier alpha value is -2.66. The number of rotatable bonds is 3. The van der Waals surface area contributed by atoms with Gasteiger partial charge in [-0.3, -0.25) is 0 Å². The summed E-state index contributed by atoms with van der Waals surface area (Å²) in [6.45, 7) is 1.95. The minimum absolute atomic E-state index is 0.0139. The molecule has 0 aliphatic heterocycles. The molecule has 0 unspecified atom stereocenters. The maximum absolute atomic E-state index is 13.2. The Balaban J connectivity index is 2.27. The molecule has 2 aromatic carbocycles. The Labute approximate surface area is 143 Å². The molecule has 0 bridgehead atoms. The fourth-order valence-electron chi connectivity index (χ4n) is 2.43. The van der Waals surface area contributed by atoms with Crippen LogP contribution in [0.2, 0.25) is 5.02 Å². The van der Waals surface area contributed by atoms with Crippen LogP contribution < -0.4 is 0 Å². The molecule has 6 heteroatoms. The van der Waals surface area contributed by atoms with Crippen molar-refractivity contribution in [2.45, 2.75) is 6.92 Å². The lowest BCUT2D eigenvalue weighted by molar-refractivity contribution is 0.0593. The SMILES string of the molecule is COC(=O)c1nn(-c2cccc(C)c2)c(-c2ccc(F)cc2)c1Cl. The Morgan fingerprint density at radius 2 is 1.92 bits per heavy atom. The van der Waals surface area contributed by atoms with Crippen molar-refractivity contribution < 1.29 is 13.9 Å². The molecule has 0 atom stereocenters. The second-order valence-electron chi connectivity index (χ2n) is 5.26. The van der Waals surface area contributed by atoms with Crippen LogP contribution in [-0.4, -0.2) is 22.9 Å². The molecule has 3 rings (SSSR count). The Bertz CT molecular complexity index is 904. The number of ether oxygens (including phenoxy) is 1. The van der Waals surface area contributed by atoms with Gasteiger partial charge in [0.05, 0.1) is 18.5 Å². The maximum atomic E-state index is 13.2. The Kier molecular flexibility index (Phi) is 4.36. The lowest BCUT2D eigenvalue weighted by atomic mass is 10.1. The van der Waals surface area contributed by atoms with E-state index in [1.807, 2.05) is 31.2 Å². The topological polar surface area (TPSA) is 44.1 Å². The number of hydrogen-bond acceptors (Lipinski definition) is 3. The molecule has 122 valence electrons. The summed E-state index contributed by atoms with van der Waals surface area (Å²) in [6.07, 6.45) is 0. The first-order chi connectivity index (χ1) is 11.5. The third-order valence-corrected chi connectivity index (χ3v) is 3.93. The fraction of sp³-hybridized carbons (Fsp3) is 0.111. The maximum Gasteiger partial charge on any atom is 0.360 e. The summed E-state index contributed by atoms with van der Waals surface area (Å²) in [7, 11) is 1.27. The molecule has 0 fully saturated rings. The molecule has 24 heavy (non-hydrogen) atoms. The molecule has 0 aliphatic carbocycles. The van der Waals surface area contributed by atoms with Gasteiger partial charge < -0.3 is 4.74 Å². The van der Waals surface area contributed by atoms with Gasteiger partial charge in [-0.05, 0) is 48.9 Å². The van der Waals surface area contributed by atoms with Crippen molar-refractivity contribution in [2.24, 2.45) is 0 Å². The molecule has 0 saturated carbocycles. The van der Waals surface area contributed by atoms with Gasteiger partial charge in [-0.2, -0.15) is 5.10 Å². The first-order valence-corrected chi connectivity index (χ1v) is 7.59. The molecule has 1 heterocycles. The molecule has 0 aliphatic rings. The largest absolute Gasteiger partial charge is 0.464 e. The van der Waals surface area contributed by atoms with Crippen molar-refractivity contribution in [3.8, 4) is 16.9 Å². The van der Waals surface area contributed by atoms with Gasteiger partial charge in [0.15, 0.2) is 5.69 Å². The zero-order chi connectivity index (χ0) is 17.3. The molecule has 0 amide bonds. The van der Waals surface area contributed by atoms with Crippen LogP contribution >= 0.6 is 11.6 Å². The quantitative estimate of drug-likeness (QED) is 0.660. The van der Waals surface area contributed by atoms with Crippen LogP contribution in [0, 0.1) is 12.7 Å². The summed E-state index contributed by atoms with van der Waals surface area (Å²) < 4.78 is 19.5. The lowest BCUT2D eigenvalue weighted by Gasteiger charge is -2.09. The number of aryl methyl sites for hydroxylation is 1. The number of nitrogens with zero attached hydrogens (tertiary/aromatic N) is 2. The summed E-state index contributed by atoms with van der Waals surface area (Å²) in [5, 5.41) is 4.47. The van der Waals surface area contributed by atoms with E-state index in [2.05, 4.69) is 5.10 Å². The number of halogens is 2. The predicted octanol–water partition coefficient (Wildman–Crippen LogP) is 4.43.